The zero-order valence-corrected chi connectivity index (χ0v) is 19.1. The average Bonchev–Trinajstić information content (AvgIpc) is 2.86. The molecular formula is C24H26N4O4S. The van der Waals surface area contributed by atoms with Crippen LogP contribution in [-0.4, -0.2) is 67.1 Å². The number of likely N-dealkylation sites (tertiary alicyclic amines) is 1. The van der Waals surface area contributed by atoms with Gasteiger partial charge >= 0.3 is 0 Å². The number of sulfonamides is 1. The first kappa shape index (κ1) is 23.0. The van der Waals surface area contributed by atoms with Crippen molar-refractivity contribution >= 4 is 21.8 Å². The number of carbonyl (C=O) groups is 2. The first-order valence-electron chi connectivity index (χ1n) is 11.1. The van der Waals surface area contributed by atoms with Crippen molar-refractivity contribution in [3.05, 3.63) is 65.7 Å². The minimum absolute atomic E-state index is 0.0227. The van der Waals surface area contributed by atoms with E-state index >= 15 is 0 Å². The summed E-state index contributed by atoms with van der Waals surface area (Å²) in [6, 6.07) is 16.4. The number of hydrogen-bond acceptors (Lipinski definition) is 5. The molecule has 2 aromatic carbocycles. The molecular weight excluding hydrogens is 440 g/mol. The van der Waals surface area contributed by atoms with Gasteiger partial charge in [0.05, 0.1) is 16.5 Å². The molecule has 1 atom stereocenters. The van der Waals surface area contributed by atoms with Crippen molar-refractivity contribution in [1.82, 2.24) is 14.1 Å². The van der Waals surface area contributed by atoms with Gasteiger partial charge in [0.1, 0.15) is 6.04 Å². The molecule has 2 aliphatic heterocycles. The Bertz CT molecular complexity index is 1150. The Balaban J connectivity index is 1.50. The lowest BCUT2D eigenvalue weighted by Crippen LogP contribution is -2.54. The van der Waals surface area contributed by atoms with Gasteiger partial charge in [-0.1, -0.05) is 30.3 Å². The molecule has 0 spiro atoms. The molecule has 2 heterocycles. The average molecular weight is 467 g/mol. The monoisotopic (exact) mass is 466 g/mol. The van der Waals surface area contributed by atoms with Crippen molar-refractivity contribution < 1.29 is 18.0 Å². The van der Waals surface area contributed by atoms with Crippen LogP contribution in [-0.2, 0) is 19.6 Å². The van der Waals surface area contributed by atoms with Crippen molar-refractivity contribution in [1.29, 1.82) is 5.26 Å². The third-order valence-corrected chi connectivity index (χ3v) is 8.11. The van der Waals surface area contributed by atoms with Gasteiger partial charge in [-0.15, -0.1) is 0 Å². The number of nitrogens with zero attached hydrogens (tertiary/aromatic N) is 4. The van der Waals surface area contributed by atoms with E-state index in [0.717, 1.165) is 18.4 Å². The number of rotatable bonds is 5. The molecule has 2 saturated heterocycles. The molecule has 2 amide bonds. The van der Waals surface area contributed by atoms with E-state index in [1.807, 2.05) is 36.4 Å². The van der Waals surface area contributed by atoms with E-state index in [4.69, 9.17) is 5.26 Å². The summed E-state index contributed by atoms with van der Waals surface area (Å²) in [7, 11) is -3.72. The van der Waals surface area contributed by atoms with Crippen LogP contribution >= 0.6 is 0 Å². The first-order valence-corrected chi connectivity index (χ1v) is 12.5. The lowest BCUT2D eigenvalue weighted by atomic mass is 9.99. The second kappa shape index (κ2) is 9.73. The Morgan fingerprint density at radius 3 is 2.18 bits per heavy atom. The predicted octanol–water partition coefficient (Wildman–Crippen LogP) is 2.14. The van der Waals surface area contributed by atoms with E-state index in [2.05, 4.69) is 0 Å². The van der Waals surface area contributed by atoms with Crippen molar-refractivity contribution in [2.75, 3.05) is 32.7 Å². The maximum absolute atomic E-state index is 13.6. The highest BCUT2D eigenvalue weighted by atomic mass is 32.2. The maximum Gasteiger partial charge on any atom is 0.250 e. The van der Waals surface area contributed by atoms with Gasteiger partial charge in [0.2, 0.25) is 21.8 Å². The van der Waals surface area contributed by atoms with Gasteiger partial charge in [0.15, 0.2) is 0 Å². The summed E-state index contributed by atoms with van der Waals surface area (Å²) in [4.78, 5) is 29.7. The molecule has 0 aliphatic carbocycles. The van der Waals surface area contributed by atoms with Crippen LogP contribution in [0.25, 0.3) is 0 Å². The lowest BCUT2D eigenvalue weighted by molar-refractivity contribution is -0.148. The summed E-state index contributed by atoms with van der Waals surface area (Å²) in [5, 5.41) is 8.93. The number of amides is 2. The van der Waals surface area contributed by atoms with Gasteiger partial charge in [-0.25, -0.2) is 8.42 Å². The number of piperidine rings is 1. The number of piperazine rings is 1. The number of hydrogen-bond donors (Lipinski definition) is 0. The standard InChI is InChI=1S/C24H26N4O4S/c25-18-19-9-11-21(12-10-19)33(31,32)27-16-14-26(15-17-27)24(30)23(20-6-2-1-3-7-20)28-13-5-4-8-22(28)29/h1-3,6-7,9-12,23H,4-5,8,13-17H2. The van der Waals surface area contributed by atoms with E-state index in [1.54, 1.807) is 9.80 Å². The van der Waals surface area contributed by atoms with E-state index in [-0.39, 0.29) is 42.9 Å². The minimum Gasteiger partial charge on any atom is -0.338 e. The molecule has 8 nitrogen and oxygen atoms in total. The minimum atomic E-state index is -3.72. The highest BCUT2D eigenvalue weighted by molar-refractivity contribution is 7.89. The lowest BCUT2D eigenvalue weighted by Gasteiger charge is -2.40. The maximum atomic E-state index is 13.6. The van der Waals surface area contributed by atoms with Gasteiger partial charge in [-0.2, -0.15) is 9.57 Å². The molecule has 9 heteroatoms. The number of benzene rings is 2. The Hall–Kier alpha value is -3.22. The SMILES string of the molecule is N#Cc1ccc(S(=O)(=O)N2CCN(C(=O)C(c3ccccc3)N3CCCCC3=O)CC2)cc1. The smallest absolute Gasteiger partial charge is 0.250 e. The second-order valence-corrected chi connectivity index (χ2v) is 10.2. The number of nitriles is 1. The van der Waals surface area contributed by atoms with Crippen LogP contribution in [0.4, 0.5) is 0 Å². The Labute approximate surface area is 194 Å². The van der Waals surface area contributed by atoms with E-state index in [0.29, 0.717) is 18.5 Å². The highest BCUT2D eigenvalue weighted by Crippen LogP contribution is 2.28. The quantitative estimate of drug-likeness (QED) is 0.672. The fourth-order valence-corrected chi connectivity index (χ4v) is 5.79. The molecule has 0 aromatic heterocycles. The van der Waals surface area contributed by atoms with Crippen molar-refractivity contribution in [3.8, 4) is 6.07 Å². The van der Waals surface area contributed by atoms with Crippen LogP contribution in [0.5, 0.6) is 0 Å². The summed E-state index contributed by atoms with van der Waals surface area (Å²) in [6.45, 7) is 1.38. The third kappa shape index (κ3) is 4.77. The van der Waals surface area contributed by atoms with Crippen LogP contribution in [0.15, 0.2) is 59.5 Å². The third-order valence-electron chi connectivity index (χ3n) is 6.19. The molecule has 2 aromatic rings. The van der Waals surface area contributed by atoms with Crippen molar-refractivity contribution in [2.45, 2.75) is 30.2 Å². The summed E-state index contributed by atoms with van der Waals surface area (Å²) in [6.07, 6.45) is 2.13. The number of carbonyl (C=O) groups excluding carboxylic acids is 2. The van der Waals surface area contributed by atoms with Gasteiger partial charge in [0, 0.05) is 39.1 Å². The van der Waals surface area contributed by atoms with Crippen LogP contribution in [0, 0.1) is 11.3 Å². The first-order chi connectivity index (χ1) is 15.9. The van der Waals surface area contributed by atoms with Gasteiger partial charge in [-0.3, -0.25) is 9.59 Å². The Kier molecular flexibility index (Phi) is 6.77. The largest absolute Gasteiger partial charge is 0.338 e. The van der Waals surface area contributed by atoms with Crippen LogP contribution < -0.4 is 0 Å². The molecule has 2 aliphatic rings. The molecule has 0 radical (unpaired) electrons. The van der Waals surface area contributed by atoms with Crippen molar-refractivity contribution in [3.63, 3.8) is 0 Å². The summed E-state index contributed by atoms with van der Waals surface area (Å²) in [5.74, 6) is -0.197. The van der Waals surface area contributed by atoms with Gasteiger partial charge in [-0.05, 0) is 42.7 Å². The molecule has 0 bridgehead atoms. The molecule has 33 heavy (non-hydrogen) atoms. The van der Waals surface area contributed by atoms with Crippen LogP contribution in [0.3, 0.4) is 0 Å². The molecule has 0 N–H and O–H groups in total. The molecule has 4 rings (SSSR count). The van der Waals surface area contributed by atoms with Gasteiger partial charge in [0.25, 0.3) is 0 Å². The molecule has 0 saturated carbocycles. The van der Waals surface area contributed by atoms with Crippen LogP contribution in [0.1, 0.15) is 36.4 Å². The van der Waals surface area contributed by atoms with Crippen LogP contribution in [0.2, 0.25) is 0 Å². The van der Waals surface area contributed by atoms with E-state index in [9.17, 15) is 18.0 Å². The summed E-state index contributed by atoms with van der Waals surface area (Å²) >= 11 is 0. The molecule has 172 valence electrons. The fraction of sp³-hybridized carbons (Fsp3) is 0.375. The Morgan fingerprint density at radius 1 is 0.909 bits per heavy atom. The topological polar surface area (TPSA) is 102 Å². The fourth-order valence-electron chi connectivity index (χ4n) is 4.36. The zero-order valence-electron chi connectivity index (χ0n) is 18.3. The van der Waals surface area contributed by atoms with E-state index in [1.165, 1.54) is 28.6 Å². The van der Waals surface area contributed by atoms with Gasteiger partial charge < -0.3 is 9.80 Å². The summed E-state index contributed by atoms with van der Waals surface area (Å²) < 4.78 is 27.4. The van der Waals surface area contributed by atoms with E-state index < -0.39 is 16.1 Å². The Morgan fingerprint density at radius 2 is 1.58 bits per heavy atom. The zero-order chi connectivity index (χ0) is 23.4. The molecule has 1 unspecified atom stereocenters. The summed E-state index contributed by atoms with van der Waals surface area (Å²) in [5.41, 5.74) is 1.16. The second-order valence-electron chi connectivity index (χ2n) is 8.22. The highest BCUT2D eigenvalue weighted by Gasteiger charge is 2.37. The van der Waals surface area contributed by atoms with Crippen molar-refractivity contribution in [2.24, 2.45) is 0 Å². The normalized spacial score (nSPS) is 18.6. The molecule has 2 fully saturated rings. The predicted molar refractivity (Wildman–Crippen MR) is 121 cm³/mol.